The number of rotatable bonds is 4. The van der Waals surface area contributed by atoms with Gasteiger partial charge in [-0.25, -0.2) is 0 Å². The summed E-state index contributed by atoms with van der Waals surface area (Å²) in [5.41, 5.74) is 0.764. The fraction of sp³-hybridized carbons (Fsp3) is 0.571. The number of ether oxygens (including phenoxy) is 4. The molecule has 2 rings (SSSR count). The average Bonchev–Trinajstić information content (AvgIpc) is 2.90. The van der Waals surface area contributed by atoms with E-state index in [1.165, 1.54) is 0 Å². The molecule has 0 atom stereocenters. The van der Waals surface area contributed by atoms with Gasteiger partial charge in [0.1, 0.15) is 11.5 Å². The summed E-state index contributed by atoms with van der Waals surface area (Å²) in [6.45, 7) is 7.83. The minimum absolute atomic E-state index is 0.444. The molecule has 0 saturated carbocycles. The number of benzene rings is 1. The minimum atomic E-state index is -1.67. The van der Waals surface area contributed by atoms with Gasteiger partial charge in [-0.2, -0.15) is 0 Å². The number of halogens is 1. The number of methoxy groups -OCH3 is 2. The minimum Gasteiger partial charge on any atom is -0.497 e. The van der Waals surface area contributed by atoms with Gasteiger partial charge in [-0.3, -0.25) is 0 Å². The maximum atomic E-state index is 6.51. The fourth-order valence-electron chi connectivity index (χ4n) is 2.40. The average molecular weight is 317 g/mol. The van der Waals surface area contributed by atoms with Crippen molar-refractivity contribution in [3.05, 3.63) is 16.7 Å². The van der Waals surface area contributed by atoms with E-state index < -0.39 is 14.4 Å². The second-order valence-corrected chi connectivity index (χ2v) is 11.1. The van der Waals surface area contributed by atoms with Gasteiger partial charge in [0.15, 0.2) is 6.29 Å². The molecule has 0 aromatic heterocycles. The standard InChI is InChI=1S/C14H21ClO4Si/c1-16-10-8-9(14-18-6-7-19-14)11(15)12(17-2)13(10)20(3,4)5/h8,14H,6-7H2,1-5H3. The zero-order chi connectivity index (χ0) is 14.9. The van der Waals surface area contributed by atoms with Crippen molar-refractivity contribution in [3.63, 3.8) is 0 Å². The SMILES string of the molecule is COc1cc(C2OCCO2)c(Cl)c(OC)c1[Si](C)(C)C. The first-order valence-electron chi connectivity index (χ1n) is 6.58. The Morgan fingerprint density at radius 3 is 2.20 bits per heavy atom. The van der Waals surface area contributed by atoms with E-state index >= 15 is 0 Å². The third-order valence-corrected chi connectivity index (χ3v) is 5.63. The quantitative estimate of drug-likeness (QED) is 0.800. The highest BCUT2D eigenvalue weighted by Crippen LogP contribution is 2.39. The smallest absolute Gasteiger partial charge is 0.185 e. The normalized spacial score (nSPS) is 16.5. The highest BCUT2D eigenvalue weighted by atomic mass is 35.5. The van der Waals surface area contributed by atoms with Crippen LogP contribution in [-0.4, -0.2) is 35.5 Å². The molecule has 112 valence electrons. The molecule has 0 amide bonds. The molecule has 0 aliphatic carbocycles. The van der Waals surface area contributed by atoms with Crippen LogP contribution in [0.15, 0.2) is 6.07 Å². The molecule has 0 N–H and O–H groups in total. The zero-order valence-corrected chi connectivity index (χ0v) is 14.3. The molecular formula is C14H21ClO4Si. The Hall–Kier alpha value is -0.753. The van der Waals surface area contributed by atoms with E-state index in [0.717, 1.165) is 16.5 Å². The summed E-state index contributed by atoms with van der Waals surface area (Å²) in [7, 11) is 1.61. The Kier molecular flexibility index (Phi) is 4.64. The van der Waals surface area contributed by atoms with Crippen LogP contribution in [-0.2, 0) is 9.47 Å². The number of hydrogen-bond donors (Lipinski definition) is 0. The van der Waals surface area contributed by atoms with Crippen molar-refractivity contribution in [3.8, 4) is 11.5 Å². The molecule has 4 nitrogen and oxygen atoms in total. The van der Waals surface area contributed by atoms with Crippen LogP contribution < -0.4 is 14.7 Å². The largest absolute Gasteiger partial charge is 0.497 e. The van der Waals surface area contributed by atoms with E-state index in [-0.39, 0.29) is 0 Å². The van der Waals surface area contributed by atoms with Gasteiger partial charge in [-0.15, -0.1) is 0 Å². The Bertz CT molecular complexity index is 493. The van der Waals surface area contributed by atoms with Crippen molar-refractivity contribution in [1.82, 2.24) is 0 Å². The Labute approximate surface area is 125 Å². The van der Waals surface area contributed by atoms with Crippen LogP contribution in [0.25, 0.3) is 0 Å². The Morgan fingerprint density at radius 2 is 1.75 bits per heavy atom. The van der Waals surface area contributed by atoms with Crippen LogP contribution in [0.3, 0.4) is 0 Å². The lowest BCUT2D eigenvalue weighted by Gasteiger charge is -2.26. The van der Waals surface area contributed by atoms with E-state index in [1.807, 2.05) is 6.07 Å². The van der Waals surface area contributed by atoms with E-state index in [0.29, 0.717) is 24.0 Å². The molecule has 1 fully saturated rings. The first-order chi connectivity index (χ1) is 9.40. The second kappa shape index (κ2) is 5.93. The van der Waals surface area contributed by atoms with Crippen molar-refractivity contribution < 1.29 is 18.9 Å². The Morgan fingerprint density at radius 1 is 1.15 bits per heavy atom. The summed E-state index contributed by atoms with van der Waals surface area (Å²) >= 11 is 6.51. The maximum Gasteiger partial charge on any atom is 0.185 e. The summed E-state index contributed by atoms with van der Waals surface area (Å²) in [4.78, 5) is 0. The fourth-order valence-corrected chi connectivity index (χ4v) is 4.62. The summed E-state index contributed by atoms with van der Waals surface area (Å²) in [5, 5.41) is 1.63. The summed E-state index contributed by atoms with van der Waals surface area (Å²) in [6, 6.07) is 1.91. The predicted molar refractivity (Wildman–Crippen MR) is 82.2 cm³/mol. The van der Waals surface area contributed by atoms with Crippen LogP contribution in [0.2, 0.25) is 24.7 Å². The lowest BCUT2D eigenvalue weighted by molar-refractivity contribution is -0.0442. The van der Waals surface area contributed by atoms with Crippen LogP contribution in [0.4, 0.5) is 0 Å². The molecule has 1 saturated heterocycles. The van der Waals surface area contributed by atoms with E-state index in [4.69, 9.17) is 30.5 Å². The van der Waals surface area contributed by atoms with Gasteiger partial charge in [0, 0.05) is 10.8 Å². The highest BCUT2D eigenvalue weighted by molar-refractivity contribution is 6.90. The van der Waals surface area contributed by atoms with Gasteiger partial charge < -0.3 is 18.9 Å². The molecule has 20 heavy (non-hydrogen) atoms. The summed E-state index contributed by atoms with van der Waals surface area (Å²) < 4.78 is 22.2. The molecule has 1 aromatic carbocycles. The first kappa shape index (κ1) is 15.6. The molecule has 0 unspecified atom stereocenters. The molecule has 0 spiro atoms. The molecule has 1 aliphatic rings. The molecule has 1 heterocycles. The molecule has 1 aliphatic heterocycles. The molecule has 6 heteroatoms. The third-order valence-electron chi connectivity index (χ3n) is 3.26. The molecule has 0 radical (unpaired) electrons. The van der Waals surface area contributed by atoms with Crippen molar-refractivity contribution in [2.75, 3.05) is 27.4 Å². The van der Waals surface area contributed by atoms with Crippen LogP contribution in [0.1, 0.15) is 11.9 Å². The van der Waals surface area contributed by atoms with Crippen molar-refractivity contribution in [2.45, 2.75) is 25.9 Å². The van der Waals surface area contributed by atoms with Crippen molar-refractivity contribution >= 4 is 24.9 Å². The van der Waals surface area contributed by atoms with Crippen LogP contribution in [0, 0.1) is 0 Å². The zero-order valence-electron chi connectivity index (χ0n) is 12.6. The van der Waals surface area contributed by atoms with Gasteiger partial charge in [0.2, 0.25) is 0 Å². The van der Waals surface area contributed by atoms with Gasteiger partial charge in [0.05, 0.1) is 40.5 Å². The monoisotopic (exact) mass is 316 g/mol. The van der Waals surface area contributed by atoms with Crippen molar-refractivity contribution in [1.29, 1.82) is 0 Å². The summed E-state index contributed by atoms with van der Waals surface area (Å²) in [6.07, 6.45) is -0.444. The van der Waals surface area contributed by atoms with Gasteiger partial charge in [-0.1, -0.05) is 31.2 Å². The van der Waals surface area contributed by atoms with Crippen molar-refractivity contribution in [2.24, 2.45) is 0 Å². The number of hydrogen-bond acceptors (Lipinski definition) is 4. The maximum absolute atomic E-state index is 6.51. The van der Waals surface area contributed by atoms with Gasteiger partial charge in [0.25, 0.3) is 0 Å². The highest BCUT2D eigenvalue weighted by Gasteiger charge is 2.32. The van der Waals surface area contributed by atoms with E-state index in [2.05, 4.69) is 19.6 Å². The Balaban J connectivity index is 2.63. The predicted octanol–water partition coefficient (Wildman–Crippen LogP) is 2.95. The van der Waals surface area contributed by atoms with Gasteiger partial charge >= 0.3 is 0 Å². The molecular weight excluding hydrogens is 296 g/mol. The van der Waals surface area contributed by atoms with Crippen LogP contribution in [0.5, 0.6) is 11.5 Å². The molecule has 0 bridgehead atoms. The van der Waals surface area contributed by atoms with Gasteiger partial charge in [-0.05, 0) is 6.07 Å². The molecule has 1 aromatic rings. The lowest BCUT2D eigenvalue weighted by Crippen LogP contribution is -2.40. The third kappa shape index (κ3) is 2.81. The van der Waals surface area contributed by atoms with E-state index in [1.54, 1.807) is 14.2 Å². The summed E-state index contributed by atoms with van der Waals surface area (Å²) in [5.74, 6) is 1.47. The van der Waals surface area contributed by atoms with E-state index in [9.17, 15) is 0 Å². The second-order valence-electron chi connectivity index (χ2n) is 5.71. The first-order valence-corrected chi connectivity index (χ1v) is 10.5. The topological polar surface area (TPSA) is 36.9 Å². The lowest BCUT2D eigenvalue weighted by atomic mass is 10.2. The van der Waals surface area contributed by atoms with Crippen LogP contribution >= 0.6 is 11.6 Å².